The molecule has 204 valence electrons. The standard InChI is InChI=1S/C30H27F3N6O/c31-30(32,33)22-9-6-10-23(19-22)38-15-17-39(18-16-38)28-27(36-25-11-4-5-12-26(25)37-28)24(20-34)29(40)35-14-13-21-7-2-1-3-8-21/h1-12,19,24H,13-18H2,(H,35,40)/t24-/m0/s1. The first-order chi connectivity index (χ1) is 19.3. The molecule has 0 unspecified atom stereocenters. The molecule has 7 nitrogen and oxygen atoms in total. The van der Waals surface area contributed by atoms with Crippen LogP contribution in [0.15, 0.2) is 78.9 Å². The third-order valence-corrected chi connectivity index (χ3v) is 6.92. The number of carbonyl (C=O) groups is 1. The number of hydrogen-bond acceptors (Lipinski definition) is 6. The van der Waals surface area contributed by atoms with Crippen molar-refractivity contribution in [1.82, 2.24) is 15.3 Å². The first-order valence-electron chi connectivity index (χ1n) is 13.0. The maximum Gasteiger partial charge on any atom is 0.416 e. The van der Waals surface area contributed by atoms with E-state index < -0.39 is 23.6 Å². The highest BCUT2D eigenvalue weighted by molar-refractivity contribution is 5.89. The minimum atomic E-state index is -4.42. The lowest BCUT2D eigenvalue weighted by Gasteiger charge is -2.37. The second-order valence-corrected chi connectivity index (χ2v) is 9.53. The molecule has 10 heteroatoms. The zero-order valence-corrected chi connectivity index (χ0v) is 21.6. The van der Waals surface area contributed by atoms with Crippen LogP contribution in [0, 0.1) is 11.3 Å². The van der Waals surface area contributed by atoms with E-state index in [1.54, 1.807) is 12.1 Å². The maximum atomic E-state index is 13.2. The van der Waals surface area contributed by atoms with Crippen molar-refractivity contribution in [1.29, 1.82) is 5.26 Å². The van der Waals surface area contributed by atoms with Gasteiger partial charge in [-0.05, 0) is 42.3 Å². The SMILES string of the molecule is N#C[C@H](C(=O)NCCc1ccccc1)c1nc2ccccc2nc1N1CCN(c2cccc(C(F)(F)F)c2)CC1. The molecule has 1 amide bonds. The highest BCUT2D eigenvalue weighted by atomic mass is 19.4. The number of benzene rings is 3. The monoisotopic (exact) mass is 544 g/mol. The Morgan fingerprint density at radius 3 is 2.23 bits per heavy atom. The van der Waals surface area contributed by atoms with Gasteiger partial charge in [0.25, 0.3) is 0 Å². The third kappa shape index (κ3) is 5.99. The van der Waals surface area contributed by atoms with Gasteiger partial charge in [0.1, 0.15) is 5.69 Å². The van der Waals surface area contributed by atoms with Gasteiger partial charge >= 0.3 is 6.18 Å². The second kappa shape index (κ2) is 11.6. The lowest BCUT2D eigenvalue weighted by atomic mass is 10.0. The summed E-state index contributed by atoms with van der Waals surface area (Å²) in [5.74, 6) is -1.19. The van der Waals surface area contributed by atoms with Crippen LogP contribution >= 0.6 is 0 Å². The smallest absolute Gasteiger partial charge is 0.368 e. The van der Waals surface area contributed by atoms with Crippen LogP contribution in [0.5, 0.6) is 0 Å². The van der Waals surface area contributed by atoms with E-state index >= 15 is 0 Å². The number of halogens is 3. The molecule has 0 bridgehead atoms. The summed E-state index contributed by atoms with van der Waals surface area (Å²) in [6.07, 6.45) is -3.79. The molecule has 3 aromatic carbocycles. The zero-order chi connectivity index (χ0) is 28.1. The number of hydrogen-bond donors (Lipinski definition) is 1. The molecule has 40 heavy (non-hydrogen) atoms. The van der Waals surface area contributed by atoms with Gasteiger partial charge in [-0.3, -0.25) is 4.79 Å². The number of alkyl halides is 3. The number of fused-ring (bicyclic) bond motifs is 1. The molecule has 1 aliphatic heterocycles. The van der Waals surface area contributed by atoms with Crippen molar-refractivity contribution < 1.29 is 18.0 Å². The number of nitriles is 1. The molecule has 0 aliphatic carbocycles. The third-order valence-electron chi connectivity index (χ3n) is 6.92. The molecule has 1 aromatic heterocycles. The fourth-order valence-corrected chi connectivity index (χ4v) is 4.81. The van der Waals surface area contributed by atoms with Gasteiger partial charge in [-0.15, -0.1) is 0 Å². The fraction of sp³-hybridized carbons (Fsp3) is 0.267. The predicted molar refractivity (Wildman–Crippen MR) is 147 cm³/mol. The Hall–Kier alpha value is -4.65. The molecule has 1 aliphatic rings. The highest BCUT2D eigenvalue weighted by Crippen LogP contribution is 2.33. The van der Waals surface area contributed by atoms with Crippen LogP contribution in [0.1, 0.15) is 22.7 Å². The zero-order valence-electron chi connectivity index (χ0n) is 21.6. The summed E-state index contributed by atoms with van der Waals surface area (Å²) in [6, 6.07) is 24.4. The van der Waals surface area contributed by atoms with Crippen molar-refractivity contribution in [3.05, 3.63) is 95.7 Å². The summed E-state index contributed by atoms with van der Waals surface area (Å²) in [5, 5.41) is 12.9. The molecule has 1 fully saturated rings. The van der Waals surface area contributed by atoms with Crippen molar-refractivity contribution in [2.24, 2.45) is 0 Å². The Balaban J connectivity index is 1.36. The van der Waals surface area contributed by atoms with Gasteiger partial charge in [-0.1, -0.05) is 48.5 Å². The number of carbonyl (C=O) groups excluding carboxylic acids is 1. The minimum absolute atomic E-state index is 0.269. The lowest BCUT2D eigenvalue weighted by Crippen LogP contribution is -2.47. The molecular weight excluding hydrogens is 517 g/mol. The molecule has 2 heterocycles. The number of aromatic nitrogens is 2. The predicted octanol–water partition coefficient (Wildman–Crippen LogP) is 4.94. The Labute approximate surface area is 229 Å². The van der Waals surface area contributed by atoms with Crippen LogP contribution in [0.25, 0.3) is 11.0 Å². The number of rotatable bonds is 7. The van der Waals surface area contributed by atoms with Crippen LogP contribution in [0.3, 0.4) is 0 Å². The summed E-state index contributed by atoms with van der Waals surface area (Å²) in [6.45, 7) is 2.12. The molecule has 0 saturated carbocycles. The van der Waals surface area contributed by atoms with Gasteiger partial charge in [0.05, 0.1) is 22.7 Å². The van der Waals surface area contributed by atoms with E-state index in [2.05, 4.69) is 11.4 Å². The van der Waals surface area contributed by atoms with Crippen molar-refractivity contribution >= 4 is 28.4 Å². The first kappa shape index (κ1) is 26.9. The quantitative estimate of drug-likeness (QED) is 0.355. The van der Waals surface area contributed by atoms with Crippen LogP contribution in [-0.2, 0) is 17.4 Å². The Morgan fingerprint density at radius 2 is 1.55 bits per heavy atom. The molecule has 0 spiro atoms. The van der Waals surface area contributed by atoms with Crippen LogP contribution in [0.4, 0.5) is 24.7 Å². The van der Waals surface area contributed by atoms with Gasteiger partial charge in [-0.2, -0.15) is 18.4 Å². The van der Waals surface area contributed by atoms with Gasteiger partial charge in [0.15, 0.2) is 11.7 Å². The van der Waals surface area contributed by atoms with Gasteiger partial charge in [0.2, 0.25) is 5.91 Å². The van der Waals surface area contributed by atoms with Crippen molar-refractivity contribution in [2.45, 2.75) is 18.5 Å². The topological polar surface area (TPSA) is 85.1 Å². The van der Waals surface area contributed by atoms with Crippen molar-refractivity contribution in [2.75, 3.05) is 42.5 Å². The molecule has 0 radical (unpaired) electrons. The van der Waals surface area contributed by atoms with Crippen LogP contribution in [0.2, 0.25) is 0 Å². The highest BCUT2D eigenvalue weighted by Gasteiger charge is 2.32. The molecule has 1 N–H and O–H groups in total. The van der Waals surface area contributed by atoms with E-state index in [9.17, 15) is 23.2 Å². The number of piperazine rings is 1. The number of anilines is 2. The largest absolute Gasteiger partial charge is 0.416 e. The normalized spacial score (nSPS) is 14.6. The summed E-state index contributed by atoms with van der Waals surface area (Å²) in [7, 11) is 0. The lowest BCUT2D eigenvalue weighted by molar-refractivity contribution is -0.137. The molecule has 4 aromatic rings. The van der Waals surface area contributed by atoms with E-state index in [-0.39, 0.29) is 5.69 Å². The summed E-state index contributed by atoms with van der Waals surface area (Å²) < 4.78 is 39.7. The summed E-state index contributed by atoms with van der Waals surface area (Å²) >= 11 is 0. The van der Waals surface area contributed by atoms with Crippen molar-refractivity contribution in [3.63, 3.8) is 0 Å². The maximum absolute atomic E-state index is 13.2. The van der Waals surface area contributed by atoms with Gasteiger partial charge in [-0.25, -0.2) is 9.97 Å². The van der Waals surface area contributed by atoms with E-state index in [0.29, 0.717) is 61.7 Å². The molecular formula is C30H27F3N6O. The van der Waals surface area contributed by atoms with E-state index in [4.69, 9.17) is 9.97 Å². The van der Waals surface area contributed by atoms with E-state index in [1.165, 1.54) is 6.07 Å². The van der Waals surface area contributed by atoms with Crippen LogP contribution < -0.4 is 15.1 Å². The second-order valence-electron chi connectivity index (χ2n) is 9.53. The Kier molecular flexibility index (Phi) is 7.82. The first-order valence-corrected chi connectivity index (χ1v) is 13.0. The fourth-order valence-electron chi connectivity index (χ4n) is 4.81. The molecule has 1 atom stereocenters. The van der Waals surface area contributed by atoms with E-state index in [1.807, 2.05) is 58.3 Å². The summed E-state index contributed by atoms with van der Waals surface area (Å²) in [4.78, 5) is 26.5. The number of nitrogens with zero attached hydrogens (tertiary/aromatic N) is 5. The Morgan fingerprint density at radius 1 is 0.900 bits per heavy atom. The number of nitrogens with one attached hydrogen (secondary N) is 1. The van der Waals surface area contributed by atoms with E-state index in [0.717, 1.165) is 17.7 Å². The number of para-hydroxylation sites is 2. The average molecular weight is 545 g/mol. The molecule has 5 rings (SSSR count). The Bertz CT molecular complexity index is 1530. The minimum Gasteiger partial charge on any atom is -0.368 e. The van der Waals surface area contributed by atoms with Gasteiger partial charge in [0, 0.05) is 38.4 Å². The molecule has 1 saturated heterocycles. The van der Waals surface area contributed by atoms with Crippen LogP contribution in [-0.4, -0.2) is 48.6 Å². The van der Waals surface area contributed by atoms with Gasteiger partial charge < -0.3 is 15.1 Å². The van der Waals surface area contributed by atoms with Crippen molar-refractivity contribution in [3.8, 4) is 6.07 Å². The summed E-state index contributed by atoms with van der Waals surface area (Å²) in [5.41, 5.74) is 2.34. The number of amides is 1. The average Bonchev–Trinajstić information content (AvgIpc) is 2.97.